The van der Waals surface area contributed by atoms with E-state index in [2.05, 4.69) is 36.5 Å². The fourth-order valence-electron chi connectivity index (χ4n) is 2.54. The van der Waals surface area contributed by atoms with Gasteiger partial charge in [0.05, 0.1) is 6.04 Å². The highest BCUT2D eigenvalue weighted by Crippen LogP contribution is 2.41. The van der Waals surface area contributed by atoms with Crippen molar-refractivity contribution in [1.82, 2.24) is 10.2 Å². The first-order valence-corrected chi connectivity index (χ1v) is 7.25. The zero-order valence-corrected chi connectivity index (χ0v) is 11.7. The Kier molecular flexibility index (Phi) is 3.21. The predicted octanol–water partition coefficient (Wildman–Crippen LogP) is 3.25. The number of hydrogen-bond acceptors (Lipinski definition) is 1. The molecule has 2 fully saturated rings. The predicted molar refractivity (Wildman–Crippen MR) is 76.0 cm³/mol. The van der Waals surface area contributed by atoms with E-state index in [-0.39, 0.29) is 12.1 Å². The third-order valence-electron chi connectivity index (χ3n) is 4.22. The van der Waals surface area contributed by atoms with Crippen LogP contribution in [-0.2, 0) is 0 Å². The highest BCUT2D eigenvalue weighted by Gasteiger charge is 2.36. The lowest BCUT2D eigenvalue weighted by atomic mass is 10.0. The lowest BCUT2D eigenvalue weighted by Crippen LogP contribution is -2.41. The standard InChI is InChI=1S/C16H22N2O/c1-11-3-5-12(6-4-11)15(13-7-8-13)17-16(19)18(2)14-9-10-14/h3-6,13-15H,7-10H2,1-2H3,(H,17,19)/t15-/m0/s1. The van der Waals surface area contributed by atoms with E-state index in [1.165, 1.54) is 24.0 Å². The van der Waals surface area contributed by atoms with E-state index in [1.807, 2.05) is 11.9 Å². The monoisotopic (exact) mass is 258 g/mol. The fourth-order valence-corrected chi connectivity index (χ4v) is 2.54. The Bertz CT molecular complexity index is 460. The Morgan fingerprint density at radius 1 is 1.21 bits per heavy atom. The van der Waals surface area contributed by atoms with E-state index in [1.54, 1.807) is 0 Å². The molecule has 0 aromatic heterocycles. The average molecular weight is 258 g/mol. The zero-order valence-electron chi connectivity index (χ0n) is 11.7. The van der Waals surface area contributed by atoms with Gasteiger partial charge in [0.25, 0.3) is 0 Å². The van der Waals surface area contributed by atoms with Crippen molar-refractivity contribution >= 4 is 6.03 Å². The summed E-state index contributed by atoms with van der Waals surface area (Å²) >= 11 is 0. The molecule has 1 aromatic rings. The minimum atomic E-state index is 0.0833. The second-order valence-electron chi connectivity index (χ2n) is 6.02. The van der Waals surface area contributed by atoms with Crippen LogP contribution in [0.2, 0.25) is 0 Å². The summed E-state index contributed by atoms with van der Waals surface area (Å²) in [4.78, 5) is 14.1. The van der Waals surface area contributed by atoms with Crippen molar-refractivity contribution in [2.45, 2.75) is 44.7 Å². The first-order chi connectivity index (χ1) is 9.15. The van der Waals surface area contributed by atoms with Crippen molar-refractivity contribution in [1.29, 1.82) is 0 Å². The van der Waals surface area contributed by atoms with Gasteiger partial charge in [-0.15, -0.1) is 0 Å². The number of aryl methyl sites for hydroxylation is 1. The molecule has 0 heterocycles. The van der Waals surface area contributed by atoms with Crippen LogP contribution < -0.4 is 5.32 Å². The quantitative estimate of drug-likeness (QED) is 0.883. The number of amides is 2. The van der Waals surface area contributed by atoms with Crippen LogP contribution in [0.1, 0.15) is 42.9 Å². The number of nitrogens with zero attached hydrogens (tertiary/aromatic N) is 1. The summed E-state index contributed by atoms with van der Waals surface area (Å²) in [7, 11) is 1.91. The van der Waals surface area contributed by atoms with E-state index in [0.29, 0.717) is 12.0 Å². The van der Waals surface area contributed by atoms with Crippen LogP contribution in [0.15, 0.2) is 24.3 Å². The highest BCUT2D eigenvalue weighted by molar-refractivity contribution is 5.75. The Morgan fingerprint density at radius 2 is 1.84 bits per heavy atom. The Hall–Kier alpha value is -1.51. The van der Waals surface area contributed by atoms with Crippen LogP contribution >= 0.6 is 0 Å². The summed E-state index contributed by atoms with van der Waals surface area (Å²) in [5.41, 5.74) is 2.50. The smallest absolute Gasteiger partial charge is 0.317 e. The average Bonchev–Trinajstić information content (AvgIpc) is 3.29. The van der Waals surface area contributed by atoms with Gasteiger partial charge in [-0.1, -0.05) is 29.8 Å². The van der Waals surface area contributed by atoms with E-state index in [0.717, 1.165) is 12.8 Å². The molecule has 2 aliphatic rings. The number of rotatable bonds is 4. The molecule has 1 aromatic carbocycles. The van der Waals surface area contributed by atoms with Gasteiger partial charge in [-0.2, -0.15) is 0 Å². The number of nitrogens with one attached hydrogen (secondary N) is 1. The van der Waals surface area contributed by atoms with Crippen molar-refractivity contribution in [2.24, 2.45) is 5.92 Å². The van der Waals surface area contributed by atoms with Crippen LogP contribution in [-0.4, -0.2) is 24.0 Å². The van der Waals surface area contributed by atoms with Crippen molar-refractivity contribution in [3.8, 4) is 0 Å². The Balaban J connectivity index is 1.70. The second kappa shape index (κ2) is 4.87. The molecule has 0 spiro atoms. The van der Waals surface area contributed by atoms with E-state index in [9.17, 15) is 4.79 Å². The van der Waals surface area contributed by atoms with Crippen LogP contribution in [0.4, 0.5) is 4.79 Å². The molecule has 102 valence electrons. The topological polar surface area (TPSA) is 32.3 Å². The van der Waals surface area contributed by atoms with Crippen molar-refractivity contribution in [3.05, 3.63) is 35.4 Å². The second-order valence-corrected chi connectivity index (χ2v) is 6.02. The molecule has 1 N–H and O–H groups in total. The zero-order chi connectivity index (χ0) is 13.4. The van der Waals surface area contributed by atoms with Gasteiger partial charge in [0.15, 0.2) is 0 Å². The molecular weight excluding hydrogens is 236 g/mol. The molecule has 0 bridgehead atoms. The largest absolute Gasteiger partial charge is 0.331 e. The summed E-state index contributed by atoms with van der Waals surface area (Å²) in [5.74, 6) is 0.624. The van der Waals surface area contributed by atoms with Gasteiger partial charge in [-0.05, 0) is 44.1 Å². The highest BCUT2D eigenvalue weighted by atomic mass is 16.2. The third kappa shape index (κ3) is 2.91. The van der Waals surface area contributed by atoms with Gasteiger partial charge in [-0.3, -0.25) is 0 Å². The van der Waals surface area contributed by atoms with Crippen LogP contribution in [0.3, 0.4) is 0 Å². The van der Waals surface area contributed by atoms with Crippen molar-refractivity contribution < 1.29 is 4.79 Å². The molecule has 3 nitrogen and oxygen atoms in total. The number of carbonyl (C=O) groups is 1. The molecule has 0 unspecified atom stereocenters. The molecule has 1 atom stereocenters. The molecular formula is C16H22N2O. The van der Waals surface area contributed by atoms with Gasteiger partial charge in [-0.25, -0.2) is 4.79 Å². The van der Waals surface area contributed by atoms with E-state index < -0.39 is 0 Å². The molecule has 2 aliphatic carbocycles. The van der Waals surface area contributed by atoms with E-state index >= 15 is 0 Å². The lowest BCUT2D eigenvalue weighted by molar-refractivity contribution is 0.201. The Labute approximate surface area is 115 Å². The maximum atomic E-state index is 12.2. The minimum Gasteiger partial charge on any atom is -0.331 e. The van der Waals surface area contributed by atoms with Gasteiger partial charge >= 0.3 is 6.03 Å². The van der Waals surface area contributed by atoms with Crippen molar-refractivity contribution in [2.75, 3.05) is 7.05 Å². The lowest BCUT2D eigenvalue weighted by Gasteiger charge is -2.24. The molecule has 0 saturated heterocycles. The van der Waals surface area contributed by atoms with Crippen LogP contribution in [0.5, 0.6) is 0 Å². The number of benzene rings is 1. The number of urea groups is 1. The Morgan fingerprint density at radius 3 is 2.37 bits per heavy atom. The molecule has 19 heavy (non-hydrogen) atoms. The van der Waals surface area contributed by atoms with Crippen LogP contribution in [0, 0.1) is 12.8 Å². The summed E-state index contributed by atoms with van der Waals surface area (Å²) in [6, 6.07) is 9.29. The number of hydrogen-bond donors (Lipinski definition) is 1. The summed E-state index contributed by atoms with van der Waals surface area (Å²) in [6.07, 6.45) is 4.77. The maximum Gasteiger partial charge on any atom is 0.317 e. The van der Waals surface area contributed by atoms with Crippen LogP contribution in [0.25, 0.3) is 0 Å². The normalized spacial score (nSPS) is 19.9. The number of carbonyl (C=O) groups excluding carboxylic acids is 1. The maximum absolute atomic E-state index is 12.2. The molecule has 0 radical (unpaired) electrons. The van der Waals surface area contributed by atoms with Gasteiger partial charge in [0.1, 0.15) is 0 Å². The van der Waals surface area contributed by atoms with Gasteiger partial charge in [0, 0.05) is 13.1 Å². The summed E-state index contributed by atoms with van der Waals surface area (Å²) < 4.78 is 0. The first kappa shape index (κ1) is 12.5. The molecule has 0 aliphatic heterocycles. The minimum absolute atomic E-state index is 0.0833. The molecule has 3 heteroatoms. The summed E-state index contributed by atoms with van der Waals surface area (Å²) in [6.45, 7) is 2.09. The molecule has 2 saturated carbocycles. The fraction of sp³-hybridized carbons (Fsp3) is 0.562. The third-order valence-corrected chi connectivity index (χ3v) is 4.22. The van der Waals surface area contributed by atoms with Gasteiger partial charge < -0.3 is 10.2 Å². The van der Waals surface area contributed by atoms with Crippen molar-refractivity contribution in [3.63, 3.8) is 0 Å². The SMILES string of the molecule is Cc1ccc([C@H](NC(=O)N(C)C2CC2)C2CC2)cc1. The first-order valence-electron chi connectivity index (χ1n) is 7.25. The van der Waals surface area contributed by atoms with Gasteiger partial charge in [0.2, 0.25) is 0 Å². The molecule has 3 rings (SSSR count). The van der Waals surface area contributed by atoms with E-state index in [4.69, 9.17) is 0 Å². The summed E-state index contributed by atoms with van der Waals surface area (Å²) in [5, 5.41) is 3.22. The molecule has 2 amide bonds.